The summed E-state index contributed by atoms with van der Waals surface area (Å²) in [5.74, 6) is 0.817. The molecule has 1 saturated heterocycles. The topological polar surface area (TPSA) is 40.1 Å². The van der Waals surface area contributed by atoms with Crippen molar-refractivity contribution in [3.05, 3.63) is 35.9 Å². The van der Waals surface area contributed by atoms with Crippen LogP contribution in [0.5, 0.6) is 0 Å². The number of likely N-dealkylation sites (N-methyl/N-ethyl adjacent to an activating group) is 1. The molecule has 2 aliphatic rings. The van der Waals surface area contributed by atoms with Gasteiger partial charge in [0.15, 0.2) is 6.17 Å². The molecule has 0 saturated carbocycles. The molecule has 2 aliphatic heterocycles. The molecule has 5 heteroatoms. The Morgan fingerprint density at radius 3 is 2.70 bits per heavy atom. The summed E-state index contributed by atoms with van der Waals surface area (Å²) in [5.41, 5.74) is 4.13. The van der Waals surface area contributed by atoms with Gasteiger partial charge in [-0.05, 0) is 12.6 Å². The Morgan fingerprint density at radius 2 is 1.95 bits per heavy atom. The summed E-state index contributed by atoms with van der Waals surface area (Å²) in [6.07, 6.45) is 0.818. The van der Waals surface area contributed by atoms with Gasteiger partial charge in [-0.2, -0.15) is 0 Å². The van der Waals surface area contributed by atoms with Gasteiger partial charge in [0, 0.05) is 39.1 Å². The molecule has 1 N–H and O–H groups in total. The van der Waals surface area contributed by atoms with E-state index in [-0.39, 0.29) is 6.17 Å². The van der Waals surface area contributed by atoms with Crippen LogP contribution in [-0.4, -0.2) is 55.5 Å². The molecule has 1 aromatic rings. The summed E-state index contributed by atoms with van der Waals surface area (Å²) < 4.78 is 0. The molecule has 0 aliphatic carbocycles. The molecule has 0 amide bonds. The SMILES string of the molecule is CN1CCN(CCC2=N[C@H](c3ccccc3)NO2)CC1. The van der Waals surface area contributed by atoms with Crippen LogP contribution in [0.4, 0.5) is 0 Å². The van der Waals surface area contributed by atoms with E-state index in [1.54, 1.807) is 0 Å². The van der Waals surface area contributed by atoms with Gasteiger partial charge < -0.3 is 14.6 Å². The summed E-state index contributed by atoms with van der Waals surface area (Å²) in [5, 5.41) is 0. The van der Waals surface area contributed by atoms with Crippen LogP contribution in [0, 0.1) is 0 Å². The molecular weight excluding hydrogens is 252 g/mol. The van der Waals surface area contributed by atoms with Crippen molar-refractivity contribution >= 4 is 5.90 Å². The third-order valence-corrected chi connectivity index (χ3v) is 3.91. The number of rotatable bonds is 4. The van der Waals surface area contributed by atoms with Crippen molar-refractivity contribution in [1.29, 1.82) is 0 Å². The van der Waals surface area contributed by atoms with E-state index in [1.807, 2.05) is 18.2 Å². The van der Waals surface area contributed by atoms with Gasteiger partial charge >= 0.3 is 0 Å². The minimum absolute atomic E-state index is 0.0568. The van der Waals surface area contributed by atoms with Crippen molar-refractivity contribution in [3.8, 4) is 0 Å². The van der Waals surface area contributed by atoms with Gasteiger partial charge in [-0.15, -0.1) is 5.48 Å². The zero-order valence-corrected chi connectivity index (χ0v) is 12.0. The molecule has 20 heavy (non-hydrogen) atoms. The fourth-order valence-electron chi connectivity index (χ4n) is 2.54. The molecule has 1 fully saturated rings. The van der Waals surface area contributed by atoms with Crippen molar-refractivity contribution < 1.29 is 4.84 Å². The highest BCUT2D eigenvalue weighted by Crippen LogP contribution is 2.19. The first-order valence-corrected chi connectivity index (χ1v) is 7.26. The predicted molar refractivity (Wildman–Crippen MR) is 79.4 cm³/mol. The lowest BCUT2D eigenvalue weighted by Crippen LogP contribution is -2.45. The summed E-state index contributed by atoms with van der Waals surface area (Å²) in [4.78, 5) is 14.9. The summed E-state index contributed by atoms with van der Waals surface area (Å²) in [7, 11) is 2.18. The number of benzene rings is 1. The number of hydroxylamine groups is 1. The van der Waals surface area contributed by atoms with Gasteiger partial charge in [0.2, 0.25) is 5.90 Å². The quantitative estimate of drug-likeness (QED) is 0.897. The minimum Gasteiger partial charge on any atom is -0.391 e. The van der Waals surface area contributed by atoms with E-state index in [0.717, 1.165) is 50.6 Å². The summed E-state index contributed by atoms with van der Waals surface area (Å²) >= 11 is 0. The third kappa shape index (κ3) is 3.36. The minimum atomic E-state index is -0.0568. The molecule has 1 aromatic carbocycles. The highest BCUT2D eigenvalue weighted by Gasteiger charge is 2.21. The van der Waals surface area contributed by atoms with Crippen molar-refractivity contribution in [2.45, 2.75) is 12.6 Å². The van der Waals surface area contributed by atoms with Crippen LogP contribution in [0.2, 0.25) is 0 Å². The third-order valence-electron chi connectivity index (χ3n) is 3.91. The average molecular weight is 274 g/mol. The molecule has 5 nitrogen and oxygen atoms in total. The van der Waals surface area contributed by atoms with Gasteiger partial charge in [-0.1, -0.05) is 30.3 Å². The van der Waals surface area contributed by atoms with Gasteiger partial charge in [-0.3, -0.25) is 0 Å². The fourth-order valence-corrected chi connectivity index (χ4v) is 2.54. The van der Waals surface area contributed by atoms with Crippen LogP contribution < -0.4 is 5.48 Å². The van der Waals surface area contributed by atoms with Crippen molar-refractivity contribution in [3.63, 3.8) is 0 Å². The van der Waals surface area contributed by atoms with Crippen LogP contribution in [0.3, 0.4) is 0 Å². The number of aliphatic imine (C=N–C) groups is 1. The van der Waals surface area contributed by atoms with E-state index in [2.05, 4.69) is 39.5 Å². The normalized spacial score (nSPS) is 24.4. The van der Waals surface area contributed by atoms with Crippen LogP contribution in [0.15, 0.2) is 35.3 Å². The van der Waals surface area contributed by atoms with Gasteiger partial charge in [0.05, 0.1) is 0 Å². The standard InChI is InChI=1S/C15H22N4O/c1-18-9-11-19(12-10-18)8-7-14-16-15(17-20-14)13-5-3-2-4-6-13/h2-6,15,17H,7-12H2,1H3/t15-/m0/s1. The maximum atomic E-state index is 5.50. The lowest BCUT2D eigenvalue weighted by Gasteiger charge is -2.32. The number of nitrogens with zero attached hydrogens (tertiary/aromatic N) is 3. The second-order valence-corrected chi connectivity index (χ2v) is 5.45. The summed E-state index contributed by atoms with van der Waals surface area (Å²) in [6.45, 7) is 5.60. The number of hydrogen-bond acceptors (Lipinski definition) is 5. The first kappa shape index (κ1) is 13.5. The van der Waals surface area contributed by atoms with E-state index in [1.165, 1.54) is 0 Å². The number of nitrogens with one attached hydrogen (secondary N) is 1. The molecular formula is C15H22N4O. The second kappa shape index (κ2) is 6.35. The van der Waals surface area contributed by atoms with E-state index in [4.69, 9.17) is 4.84 Å². The highest BCUT2D eigenvalue weighted by atomic mass is 16.7. The molecule has 3 rings (SSSR count). The largest absolute Gasteiger partial charge is 0.391 e. The highest BCUT2D eigenvalue weighted by molar-refractivity contribution is 5.77. The van der Waals surface area contributed by atoms with Crippen molar-refractivity contribution in [2.75, 3.05) is 39.8 Å². The van der Waals surface area contributed by atoms with Gasteiger partial charge in [-0.25, -0.2) is 4.99 Å². The van der Waals surface area contributed by atoms with E-state index < -0.39 is 0 Å². The smallest absolute Gasteiger partial charge is 0.212 e. The molecule has 0 unspecified atom stereocenters. The zero-order valence-electron chi connectivity index (χ0n) is 12.0. The van der Waals surface area contributed by atoms with Crippen LogP contribution in [0.1, 0.15) is 18.2 Å². The number of piperazine rings is 1. The van der Waals surface area contributed by atoms with Crippen LogP contribution >= 0.6 is 0 Å². The Morgan fingerprint density at radius 1 is 1.20 bits per heavy atom. The molecule has 2 heterocycles. The fraction of sp³-hybridized carbons (Fsp3) is 0.533. The lowest BCUT2D eigenvalue weighted by atomic mass is 10.2. The Hall–Kier alpha value is -1.43. The van der Waals surface area contributed by atoms with E-state index in [9.17, 15) is 0 Å². The second-order valence-electron chi connectivity index (χ2n) is 5.45. The average Bonchev–Trinajstić information content (AvgIpc) is 2.97. The van der Waals surface area contributed by atoms with E-state index in [0.29, 0.717) is 0 Å². The maximum absolute atomic E-state index is 5.50. The van der Waals surface area contributed by atoms with Crippen molar-refractivity contribution in [1.82, 2.24) is 15.3 Å². The molecule has 0 radical (unpaired) electrons. The van der Waals surface area contributed by atoms with Crippen molar-refractivity contribution in [2.24, 2.45) is 4.99 Å². The van der Waals surface area contributed by atoms with E-state index >= 15 is 0 Å². The molecule has 1 atom stereocenters. The molecule has 0 aromatic heterocycles. The van der Waals surface area contributed by atoms with Gasteiger partial charge in [0.25, 0.3) is 0 Å². The van der Waals surface area contributed by atoms with Crippen LogP contribution in [-0.2, 0) is 4.84 Å². The summed E-state index contributed by atoms with van der Waals surface area (Å²) in [6, 6.07) is 10.2. The lowest BCUT2D eigenvalue weighted by molar-refractivity contribution is 0.147. The Balaban J connectivity index is 1.49. The number of hydrogen-bond donors (Lipinski definition) is 1. The zero-order chi connectivity index (χ0) is 13.8. The van der Waals surface area contributed by atoms with Crippen LogP contribution in [0.25, 0.3) is 0 Å². The molecule has 108 valence electrons. The Bertz CT molecular complexity index is 454. The molecule has 0 spiro atoms. The van der Waals surface area contributed by atoms with Gasteiger partial charge in [0.1, 0.15) is 0 Å². The maximum Gasteiger partial charge on any atom is 0.212 e. The predicted octanol–water partition coefficient (Wildman–Crippen LogP) is 1.26. The monoisotopic (exact) mass is 274 g/mol. The first-order valence-electron chi connectivity index (χ1n) is 7.26. The Kier molecular flexibility index (Phi) is 4.30. The Labute approximate surface area is 120 Å². The first-order chi connectivity index (χ1) is 9.81. The molecule has 0 bridgehead atoms.